The molecule has 1 aromatic heterocycles. The van der Waals surface area contributed by atoms with Gasteiger partial charge in [0.2, 0.25) is 5.91 Å². The molecule has 1 aliphatic carbocycles. The zero-order valence-electron chi connectivity index (χ0n) is 14.2. The predicted octanol–water partition coefficient (Wildman–Crippen LogP) is 3.00. The molecule has 1 aliphatic heterocycles. The smallest absolute Gasteiger partial charge is 0.226 e. The van der Waals surface area contributed by atoms with Crippen molar-refractivity contribution in [2.75, 3.05) is 31.1 Å². The summed E-state index contributed by atoms with van der Waals surface area (Å²) in [6.07, 6.45) is 4.42. The van der Waals surface area contributed by atoms with Crippen molar-refractivity contribution in [3.63, 3.8) is 0 Å². The van der Waals surface area contributed by atoms with E-state index in [1.165, 1.54) is 5.56 Å². The van der Waals surface area contributed by atoms with Gasteiger partial charge >= 0.3 is 0 Å². The van der Waals surface area contributed by atoms with E-state index in [-0.39, 0.29) is 5.92 Å². The van der Waals surface area contributed by atoms with E-state index in [9.17, 15) is 4.79 Å². The zero-order valence-corrected chi connectivity index (χ0v) is 15.8. The number of halogens is 1. The number of hydrogen-bond donors (Lipinski definition) is 0. The lowest BCUT2D eigenvalue weighted by atomic mass is 10.1. The largest absolute Gasteiger partial charge is 0.352 e. The van der Waals surface area contributed by atoms with Crippen LogP contribution >= 0.6 is 15.9 Å². The highest BCUT2D eigenvalue weighted by Gasteiger charge is 2.46. The summed E-state index contributed by atoms with van der Waals surface area (Å²) >= 11 is 3.46. The lowest BCUT2D eigenvalue weighted by Gasteiger charge is -2.36. The number of hydrogen-bond acceptors (Lipinski definition) is 4. The van der Waals surface area contributed by atoms with E-state index in [1.54, 1.807) is 12.4 Å². The molecule has 1 saturated heterocycles. The van der Waals surface area contributed by atoms with Crippen LogP contribution in [0.3, 0.4) is 0 Å². The fourth-order valence-corrected chi connectivity index (χ4v) is 3.89. The first-order chi connectivity index (χ1) is 12.1. The number of benzene rings is 1. The number of carbonyl (C=O) groups is 1. The van der Waals surface area contributed by atoms with E-state index in [0.29, 0.717) is 11.8 Å². The second-order valence-electron chi connectivity index (χ2n) is 6.78. The van der Waals surface area contributed by atoms with Gasteiger partial charge in [0.15, 0.2) is 0 Å². The monoisotopic (exact) mass is 400 g/mol. The molecule has 0 N–H and O–H groups in total. The fraction of sp³-hybridized carbons (Fsp3) is 0.421. The van der Waals surface area contributed by atoms with Gasteiger partial charge in [-0.1, -0.05) is 28.1 Å². The Kier molecular flexibility index (Phi) is 4.46. The standard InChI is InChI=1S/C19H21BrN4O/c1-13-18(22-7-6-21-13)23-8-10-24(11-9-23)19(25)17-12-16(17)14-2-4-15(20)5-3-14/h2-7,16-17H,8-12H2,1H3/t16-,17+/m1/s1. The van der Waals surface area contributed by atoms with Crippen molar-refractivity contribution in [2.24, 2.45) is 5.92 Å². The first-order valence-electron chi connectivity index (χ1n) is 8.70. The van der Waals surface area contributed by atoms with E-state index >= 15 is 0 Å². The first kappa shape index (κ1) is 16.5. The molecule has 6 heteroatoms. The fourth-order valence-electron chi connectivity index (χ4n) is 3.63. The number of aryl methyl sites for hydroxylation is 1. The van der Waals surface area contributed by atoms with E-state index in [1.807, 2.05) is 11.8 Å². The van der Waals surface area contributed by atoms with Gasteiger partial charge in [0.05, 0.1) is 5.69 Å². The van der Waals surface area contributed by atoms with Gasteiger partial charge in [-0.3, -0.25) is 9.78 Å². The van der Waals surface area contributed by atoms with Crippen LogP contribution in [0.1, 0.15) is 23.6 Å². The number of carbonyl (C=O) groups excluding carboxylic acids is 1. The lowest BCUT2D eigenvalue weighted by Crippen LogP contribution is -2.49. The van der Waals surface area contributed by atoms with Crippen LogP contribution in [-0.4, -0.2) is 47.0 Å². The minimum atomic E-state index is 0.158. The third-order valence-electron chi connectivity index (χ3n) is 5.15. The van der Waals surface area contributed by atoms with Gasteiger partial charge in [-0.25, -0.2) is 4.98 Å². The van der Waals surface area contributed by atoms with Gasteiger partial charge in [0, 0.05) is 49.0 Å². The van der Waals surface area contributed by atoms with Crippen molar-refractivity contribution < 1.29 is 4.79 Å². The minimum Gasteiger partial charge on any atom is -0.352 e. The number of anilines is 1. The molecule has 0 radical (unpaired) electrons. The highest BCUT2D eigenvalue weighted by atomic mass is 79.9. The van der Waals surface area contributed by atoms with Crippen molar-refractivity contribution in [1.29, 1.82) is 0 Å². The summed E-state index contributed by atoms with van der Waals surface area (Å²) in [5.41, 5.74) is 2.22. The minimum absolute atomic E-state index is 0.158. The van der Waals surface area contributed by atoms with Crippen molar-refractivity contribution >= 4 is 27.7 Å². The van der Waals surface area contributed by atoms with Crippen LogP contribution in [0.2, 0.25) is 0 Å². The topological polar surface area (TPSA) is 49.3 Å². The van der Waals surface area contributed by atoms with Crippen molar-refractivity contribution in [3.8, 4) is 0 Å². The molecule has 2 heterocycles. The highest BCUT2D eigenvalue weighted by Crippen LogP contribution is 2.48. The Morgan fingerprint density at radius 1 is 1.08 bits per heavy atom. The second-order valence-corrected chi connectivity index (χ2v) is 7.69. The zero-order chi connectivity index (χ0) is 17.4. The Morgan fingerprint density at radius 2 is 1.76 bits per heavy atom. The van der Waals surface area contributed by atoms with Crippen LogP contribution in [0.5, 0.6) is 0 Å². The SMILES string of the molecule is Cc1nccnc1N1CCN(C(=O)[C@H]2C[C@@H]2c2ccc(Br)cc2)CC1. The average Bonchev–Trinajstić information content (AvgIpc) is 3.43. The molecule has 1 saturated carbocycles. The molecule has 0 bridgehead atoms. The Morgan fingerprint density at radius 3 is 2.44 bits per heavy atom. The lowest BCUT2D eigenvalue weighted by molar-refractivity contribution is -0.133. The highest BCUT2D eigenvalue weighted by molar-refractivity contribution is 9.10. The van der Waals surface area contributed by atoms with Gasteiger partial charge < -0.3 is 9.80 Å². The van der Waals surface area contributed by atoms with Crippen molar-refractivity contribution in [3.05, 3.63) is 52.4 Å². The maximum absolute atomic E-state index is 12.8. The molecule has 2 fully saturated rings. The van der Waals surface area contributed by atoms with E-state index in [0.717, 1.165) is 48.6 Å². The van der Waals surface area contributed by atoms with Crippen molar-refractivity contribution in [2.45, 2.75) is 19.3 Å². The summed E-state index contributed by atoms with van der Waals surface area (Å²) in [4.78, 5) is 25.8. The molecule has 5 nitrogen and oxygen atoms in total. The summed E-state index contributed by atoms with van der Waals surface area (Å²) in [6, 6.07) is 8.35. The molecule has 2 atom stereocenters. The third-order valence-corrected chi connectivity index (χ3v) is 5.68. The van der Waals surface area contributed by atoms with Crippen LogP contribution in [0.4, 0.5) is 5.82 Å². The Bertz CT molecular complexity index is 771. The first-order valence-corrected chi connectivity index (χ1v) is 9.49. The van der Waals surface area contributed by atoms with Crippen LogP contribution in [0.25, 0.3) is 0 Å². The normalized spacial score (nSPS) is 22.8. The molecule has 1 aromatic carbocycles. The van der Waals surface area contributed by atoms with Crippen LogP contribution in [0, 0.1) is 12.8 Å². The molecule has 0 unspecified atom stereocenters. The molecule has 25 heavy (non-hydrogen) atoms. The maximum Gasteiger partial charge on any atom is 0.226 e. The Labute approximate surface area is 156 Å². The quantitative estimate of drug-likeness (QED) is 0.794. The van der Waals surface area contributed by atoms with Crippen LogP contribution < -0.4 is 4.90 Å². The summed E-state index contributed by atoms with van der Waals surface area (Å²) < 4.78 is 1.08. The molecule has 2 aliphatic rings. The molecule has 4 rings (SSSR count). The molecular formula is C19H21BrN4O. The van der Waals surface area contributed by atoms with Gasteiger partial charge in [0.1, 0.15) is 5.82 Å². The number of piperazine rings is 1. The van der Waals surface area contributed by atoms with E-state index in [2.05, 4.69) is 55.1 Å². The molecule has 2 aromatic rings. The van der Waals surface area contributed by atoms with E-state index < -0.39 is 0 Å². The Balaban J connectivity index is 1.35. The van der Waals surface area contributed by atoms with Gasteiger partial charge in [-0.2, -0.15) is 0 Å². The van der Waals surface area contributed by atoms with E-state index in [4.69, 9.17) is 0 Å². The van der Waals surface area contributed by atoms with Crippen LogP contribution in [-0.2, 0) is 4.79 Å². The third kappa shape index (κ3) is 3.40. The van der Waals surface area contributed by atoms with Gasteiger partial charge in [-0.15, -0.1) is 0 Å². The summed E-state index contributed by atoms with van der Waals surface area (Å²) in [5, 5.41) is 0. The number of aromatic nitrogens is 2. The number of nitrogens with zero attached hydrogens (tertiary/aromatic N) is 4. The maximum atomic E-state index is 12.8. The molecule has 0 spiro atoms. The predicted molar refractivity (Wildman–Crippen MR) is 101 cm³/mol. The summed E-state index contributed by atoms with van der Waals surface area (Å²) in [6.45, 7) is 5.14. The number of rotatable bonds is 3. The molecule has 130 valence electrons. The van der Waals surface area contributed by atoms with Gasteiger partial charge in [-0.05, 0) is 37.0 Å². The second kappa shape index (κ2) is 6.75. The average molecular weight is 401 g/mol. The van der Waals surface area contributed by atoms with Crippen LogP contribution in [0.15, 0.2) is 41.1 Å². The van der Waals surface area contributed by atoms with Gasteiger partial charge in [0.25, 0.3) is 0 Å². The molecular weight excluding hydrogens is 380 g/mol. The Hall–Kier alpha value is -1.95. The summed E-state index contributed by atoms with van der Waals surface area (Å²) in [7, 11) is 0. The number of amides is 1. The van der Waals surface area contributed by atoms with Crippen molar-refractivity contribution in [1.82, 2.24) is 14.9 Å². The summed E-state index contributed by atoms with van der Waals surface area (Å²) in [5.74, 6) is 1.80. The molecule has 1 amide bonds.